The number of benzene rings is 1. The first-order chi connectivity index (χ1) is 17.3. The van der Waals surface area contributed by atoms with Gasteiger partial charge in [-0.3, -0.25) is 14.4 Å². The van der Waals surface area contributed by atoms with E-state index in [1.165, 1.54) is 6.92 Å². The van der Waals surface area contributed by atoms with Gasteiger partial charge in [-0.2, -0.15) is 11.8 Å². The molecule has 8 nitrogen and oxygen atoms in total. The zero-order valence-electron chi connectivity index (χ0n) is 21.0. The van der Waals surface area contributed by atoms with Crippen molar-refractivity contribution in [1.29, 1.82) is 0 Å². The standard InChI is InChI=1S/C27H36N4O4S/c1-18(32)19-6-8-20(9-7-19)25(34)30-13-10-27(11-14-30)12-15-31(17-27)23(33)5-3-2-4-22-24-21(16-36-22)28-26(35)29-24/h6-9,21-22,24H,2-5,10-17H2,1H3,(H2,28,29,35)/t21-,22-,24-/m0/s1. The molecule has 4 aliphatic heterocycles. The fourth-order valence-corrected chi connectivity index (χ4v) is 7.74. The van der Waals surface area contributed by atoms with Crippen molar-refractivity contribution < 1.29 is 19.2 Å². The predicted molar refractivity (Wildman–Crippen MR) is 139 cm³/mol. The van der Waals surface area contributed by atoms with Gasteiger partial charge in [0.15, 0.2) is 5.78 Å². The molecule has 4 amide bonds. The molecule has 2 N–H and O–H groups in total. The van der Waals surface area contributed by atoms with Crippen LogP contribution in [0.4, 0.5) is 4.79 Å². The number of nitrogens with one attached hydrogen (secondary N) is 2. The van der Waals surface area contributed by atoms with Gasteiger partial charge in [-0.25, -0.2) is 4.79 Å². The van der Waals surface area contributed by atoms with Gasteiger partial charge >= 0.3 is 6.03 Å². The molecule has 0 aromatic heterocycles. The first-order valence-electron chi connectivity index (χ1n) is 13.2. The summed E-state index contributed by atoms with van der Waals surface area (Å²) in [6.07, 6.45) is 6.39. The monoisotopic (exact) mass is 512 g/mol. The van der Waals surface area contributed by atoms with Gasteiger partial charge in [0.25, 0.3) is 5.91 Å². The van der Waals surface area contributed by atoms with Gasteiger partial charge < -0.3 is 20.4 Å². The molecule has 1 aromatic rings. The summed E-state index contributed by atoms with van der Waals surface area (Å²) in [6.45, 7) is 4.57. The van der Waals surface area contributed by atoms with Gasteiger partial charge in [0.05, 0.1) is 12.1 Å². The Hall–Kier alpha value is -2.55. The third kappa shape index (κ3) is 5.26. The highest BCUT2D eigenvalue weighted by atomic mass is 32.2. The van der Waals surface area contributed by atoms with Gasteiger partial charge in [0, 0.05) is 54.7 Å². The molecule has 4 saturated heterocycles. The average Bonchev–Trinajstić information content (AvgIpc) is 3.57. The maximum atomic E-state index is 12.9. The number of unbranched alkanes of at least 4 members (excludes halogenated alkanes) is 1. The molecule has 4 fully saturated rings. The van der Waals surface area contributed by atoms with Crippen LogP contribution in [0.25, 0.3) is 0 Å². The summed E-state index contributed by atoms with van der Waals surface area (Å²) in [6, 6.07) is 7.35. The highest BCUT2D eigenvalue weighted by Crippen LogP contribution is 2.41. The summed E-state index contributed by atoms with van der Waals surface area (Å²) in [5, 5.41) is 6.46. The predicted octanol–water partition coefficient (Wildman–Crippen LogP) is 3.07. The van der Waals surface area contributed by atoms with Crippen molar-refractivity contribution in [3.05, 3.63) is 35.4 Å². The zero-order chi connectivity index (χ0) is 25.3. The van der Waals surface area contributed by atoms with Crippen LogP contribution in [0.3, 0.4) is 0 Å². The normalized spacial score (nSPS) is 26.6. The molecular formula is C27H36N4O4S. The molecule has 0 unspecified atom stereocenters. The fraction of sp³-hybridized carbons (Fsp3) is 0.630. The lowest BCUT2D eigenvalue weighted by Gasteiger charge is -2.39. The first kappa shape index (κ1) is 25.1. The van der Waals surface area contributed by atoms with Crippen LogP contribution in [0, 0.1) is 5.41 Å². The minimum Gasteiger partial charge on any atom is -0.342 e. The van der Waals surface area contributed by atoms with E-state index in [1.807, 2.05) is 21.6 Å². The van der Waals surface area contributed by atoms with Crippen LogP contribution in [0.15, 0.2) is 24.3 Å². The Kier molecular flexibility index (Phi) is 7.28. The number of nitrogens with zero attached hydrogens (tertiary/aromatic N) is 2. The number of amides is 4. The molecular weight excluding hydrogens is 476 g/mol. The number of hydrogen-bond acceptors (Lipinski definition) is 5. The van der Waals surface area contributed by atoms with E-state index in [1.54, 1.807) is 24.3 Å². The maximum Gasteiger partial charge on any atom is 0.315 e. The number of piperidine rings is 1. The first-order valence-corrected chi connectivity index (χ1v) is 14.3. The number of rotatable bonds is 7. The van der Waals surface area contributed by atoms with E-state index in [4.69, 9.17) is 0 Å². The third-order valence-corrected chi connectivity index (χ3v) is 10.0. The van der Waals surface area contributed by atoms with Crippen LogP contribution < -0.4 is 10.6 Å². The molecule has 1 aromatic carbocycles. The highest BCUT2D eigenvalue weighted by molar-refractivity contribution is 8.00. The lowest BCUT2D eigenvalue weighted by atomic mass is 9.77. The van der Waals surface area contributed by atoms with E-state index in [-0.39, 0.29) is 41.1 Å². The smallest absolute Gasteiger partial charge is 0.315 e. The van der Waals surface area contributed by atoms with Crippen LogP contribution in [-0.4, -0.2) is 82.7 Å². The quantitative estimate of drug-likeness (QED) is 0.332. The number of ketones is 1. The van der Waals surface area contributed by atoms with Crippen molar-refractivity contribution in [1.82, 2.24) is 20.4 Å². The molecule has 0 aliphatic carbocycles. The third-order valence-electron chi connectivity index (χ3n) is 8.51. The van der Waals surface area contributed by atoms with Crippen molar-refractivity contribution in [3.63, 3.8) is 0 Å². The van der Waals surface area contributed by atoms with Crippen molar-refractivity contribution >= 4 is 35.4 Å². The van der Waals surface area contributed by atoms with Crippen molar-refractivity contribution in [2.24, 2.45) is 5.41 Å². The Morgan fingerprint density at radius 2 is 1.64 bits per heavy atom. The minimum absolute atomic E-state index is 0.00294. The molecule has 1 spiro atoms. The summed E-state index contributed by atoms with van der Waals surface area (Å²) in [5.74, 6) is 1.24. The van der Waals surface area contributed by atoms with Crippen LogP contribution >= 0.6 is 11.8 Å². The van der Waals surface area contributed by atoms with E-state index in [0.717, 1.165) is 57.4 Å². The van der Waals surface area contributed by atoms with Crippen molar-refractivity contribution in [2.45, 2.75) is 69.2 Å². The Morgan fingerprint density at radius 1 is 0.972 bits per heavy atom. The van der Waals surface area contributed by atoms with E-state index in [2.05, 4.69) is 10.6 Å². The Bertz CT molecular complexity index is 1020. The average molecular weight is 513 g/mol. The fourth-order valence-electron chi connectivity index (χ4n) is 6.19. The SMILES string of the molecule is CC(=O)c1ccc(C(=O)N2CCC3(CCN(C(=O)CCCC[C@@H]4SC[C@@H]5NC(=O)N[C@@H]54)C3)CC2)cc1. The van der Waals surface area contributed by atoms with Gasteiger partial charge in [0.2, 0.25) is 5.91 Å². The molecule has 9 heteroatoms. The Morgan fingerprint density at radius 3 is 2.33 bits per heavy atom. The van der Waals surface area contributed by atoms with Gasteiger partial charge in [0.1, 0.15) is 0 Å². The van der Waals surface area contributed by atoms with Crippen molar-refractivity contribution in [3.8, 4) is 0 Å². The molecule has 4 aliphatic rings. The number of urea groups is 1. The Labute approximate surface area is 216 Å². The van der Waals surface area contributed by atoms with E-state index in [9.17, 15) is 19.2 Å². The van der Waals surface area contributed by atoms with Crippen LogP contribution in [0.5, 0.6) is 0 Å². The van der Waals surface area contributed by atoms with Crippen molar-refractivity contribution in [2.75, 3.05) is 31.9 Å². The van der Waals surface area contributed by atoms with E-state index < -0.39 is 0 Å². The second-order valence-electron chi connectivity index (χ2n) is 10.9. The minimum atomic E-state index is -0.0491. The molecule has 0 saturated carbocycles. The second kappa shape index (κ2) is 10.4. The van der Waals surface area contributed by atoms with Crippen LogP contribution in [0.2, 0.25) is 0 Å². The molecule has 36 heavy (non-hydrogen) atoms. The number of likely N-dealkylation sites (tertiary alicyclic amines) is 2. The highest BCUT2D eigenvalue weighted by Gasteiger charge is 2.44. The van der Waals surface area contributed by atoms with Gasteiger partial charge in [-0.15, -0.1) is 0 Å². The second-order valence-corrected chi connectivity index (χ2v) is 12.1. The van der Waals surface area contributed by atoms with E-state index >= 15 is 0 Å². The summed E-state index contributed by atoms with van der Waals surface area (Å²) in [7, 11) is 0. The summed E-state index contributed by atoms with van der Waals surface area (Å²) in [5.41, 5.74) is 1.37. The molecule has 194 valence electrons. The molecule has 4 heterocycles. The number of carbonyl (C=O) groups is 4. The topological polar surface area (TPSA) is 98.8 Å². The van der Waals surface area contributed by atoms with Crippen LogP contribution in [-0.2, 0) is 4.79 Å². The number of fused-ring (bicyclic) bond motifs is 1. The summed E-state index contributed by atoms with van der Waals surface area (Å²) < 4.78 is 0. The largest absolute Gasteiger partial charge is 0.342 e. The lowest BCUT2D eigenvalue weighted by Crippen LogP contribution is -2.44. The Balaban J connectivity index is 1.03. The number of carbonyl (C=O) groups excluding carboxylic acids is 4. The molecule has 5 rings (SSSR count). The van der Waals surface area contributed by atoms with E-state index in [0.29, 0.717) is 35.9 Å². The zero-order valence-corrected chi connectivity index (χ0v) is 21.8. The summed E-state index contributed by atoms with van der Waals surface area (Å²) >= 11 is 1.92. The number of thioether (sulfide) groups is 1. The van der Waals surface area contributed by atoms with Gasteiger partial charge in [-0.05, 0) is 56.6 Å². The summed E-state index contributed by atoms with van der Waals surface area (Å²) in [4.78, 5) is 52.8. The number of hydrogen-bond donors (Lipinski definition) is 2. The maximum absolute atomic E-state index is 12.9. The molecule has 0 bridgehead atoms. The molecule has 0 radical (unpaired) electrons. The van der Waals surface area contributed by atoms with Crippen LogP contribution in [0.1, 0.15) is 72.6 Å². The lowest BCUT2D eigenvalue weighted by molar-refractivity contribution is -0.130. The molecule has 3 atom stereocenters. The van der Waals surface area contributed by atoms with Gasteiger partial charge in [-0.1, -0.05) is 18.6 Å². The number of Topliss-reactive ketones (excluding diaryl/α,β-unsaturated/α-hetero) is 1.